The van der Waals surface area contributed by atoms with Crippen LogP contribution in [-0.4, -0.2) is 38.1 Å². The summed E-state index contributed by atoms with van der Waals surface area (Å²) in [5, 5.41) is 3.42. The van der Waals surface area contributed by atoms with E-state index < -0.39 is 0 Å². The van der Waals surface area contributed by atoms with Crippen LogP contribution in [-0.2, 0) is 0 Å². The van der Waals surface area contributed by atoms with Crippen molar-refractivity contribution in [2.75, 3.05) is 33.2 Å². The molecule has 0 radical (unpaired) electrons. The third-order valence-corrected chi connectivity index (χ3v) is 3.41. The zero-order valence-corrected chi connectivity index (χ0v) is 10.8. The van der Waals surface area contributed by atoms with Crippen LogP contribution in [0.4, 0.5) is 0 Å². The highest BCUT2D eigenvalue weighted by Gasteiger charge is 2.17. The zero-order chi connectivity index (χ0) is 11.1. The molecule has 15 heavy (non-hydrogen) atoms. The fourth-order valence-electron chi connectivity index (χ4n) is 2.70. The fraction of sp³-hybridized carbons (Fsp3) is 1.00. The third kappa shape index (κ3) is 5.53. The summed E-state index contributed by atoms with van der Waals surface area (Å²) in [4.78, 5) is 2.53. The Labute approximate surface area is 95.4 Å². The molecule has 90 valence electrons. The van der Waals surface area contributed by atoms with Gasteiger partial charge in [-0.2, -0.15) is 0 Å². The molecular formula is C13H28N2. The van der Waals surface area contributed by atoms with Crippen molar-refractivity contribution in [3.63, 3.8) is 0 Å². The average molecular weight is 212 g/mol. The van der Waals surface area contributed by atoms with Crippen molar-refractivity contribution >= 4 is 0 Å². The van der Waals surface area contributed by atoms with Gasteiger partial charge >= 0.3 is 0 Å². The fourth-order valence-corrected chi connectivity index (χ4v) is 2.70. The molecule has 1 aliphatic rings. The van der Waals surface area contributed by atoms with Crippen LogP contribution in [0.2, 0.25) is 0 Å². The minimum Gasteiger partial charge on any atom is -0.317 e. The lowest BCUT2D eigenvalue weighted by Gasteiger charge is -2.24. The molecule has 2 heteroatoms. The number of rotatable bonds is 7. The molecule has 0 aliphatic heterocycles. The smallest absolute Gasteiger partial charge is 0.00162 e. The highest BCUT2D eigenvalue weighted by atomic mass is 15.1. The van der Waals surface area contributed by atoms with Gasteiger partial charge in [-0.05, 0) is 44.8 Å². The highest BCUT2D eigenvalue weighted by molar-refractivity contribution is 4.71. The standard InChI is InChI=1S/C13H28N2/c1-4-14-9-12(2)10-15(3)11-13-7-5-6-8-13/h12-14H,4-11H2,1-3H3. The van der Waals surface area contributed by atoms with E-state index in [0.717, 1.165) is 24.9 Å². The Morgan fingerprint density at radius 3 is 2.60 bits per heavy atom. The van der Waals surface area contributed by atoms with Crippen LogP contribution in [0.15, 0.2) is 0 Å². The van der Waals surface area contributed by atoms with Crippen LogP contribution in [0, 0.1) is 11.8 Å². The molecule has 0 saturated heterocycles. The van der Waals surface area contributed by atoms with E-state index in [2.05, 4.69) is 31.1 Å². The largest absolute Gasteiger partial charge is 0.317 e. The van der Waals surface area contributed by atoms with Gasteiger partial charge < -0.3 is 10.2 Å². The van der Waals surface area contributed by atoms with Crippen molar-refractivity contribution in [3.05, 3.63) is 0 Å². The first kappa shape index (κ1) is 13.0. The molecule has 1 saturated carbocycles. The highest BCUT2D eigenvalue weighted by Crippen LogP contribution is 2.25. The first-order valence-electron chi connectivity index (χ1n) is 6.61. The molecule has 1 N–H and O–H groups in total. The van der Waals surface area contributed by atoms with Crippen molar-refractivity contribution in [1.29, 1.82) is 0 Å². The van der Waals surface area contributed by atoms with Gasteiger partial charge in [0.25, 0.3) is 0 Å². The lowest BCUT2D eigenvalue weighted by molar-refractivity contribution is 0.242. The zero-order valence-electron chi connectivity index (χ0n) is 10.8. The van der Waals surface area contributed by atoms with E-state index in [4.69, 9.17) is 0 Å². The summed E-state index contributed by atoms with van der Waals surface area (Å²) in [5.74, 6) is 1.76. The van der Waals surface area contributed by atoms with Gasteiger partial charge in [-0.25, -0.2) is 0 Å². The van der Waals surface area contributed by atoms with Crippen LogP contribution in [0.25, 0.3) is 0 Å². The minimum atomic E-state index is 0.774. The normalized spacial score (nSPS) is 20.0. The van der Waals surface area contributed by atoms with Gasteiger partial charge in [0.15, 0.2) is 0 Å². The van der Waals surface area contributed by atoms with E-state index in [0.29, 0.717) is 0 Å². The first-order valence-corrected chi connectivity index (χ1v) is 6.61. The lowest BCUT2D eigenvalue weighted by Crippen LogP contribution is -2.33. The Morgan fingerprint density at radius 2 is 2.00 bits per heavy atom. The molecule has 1 fully saturated rings. The minimum absolute atomic E-state index is 0.774. The summed E-state index contributed by atoms with van der Waals surface area (Å²) < 4.78 is 0. The Kier molecular flexibility index (Phi) is 6.26. The Balaban J connectivity index is 2.08. The number of hydrogen-bond donors (Lipinski definition) is 1. The van der Waals surface area contributed by atoms with E-state index in [-0.39, 0.29) is 0 Å². The maximum absolute atomic E-state index is 3.42. The summed E-state index contributed by atoms with van der Waals surface area (Å²) in [7, 11) is 2.28. The molecule has 2 nitrogen and oxygen atoms in total. The molecule has 0 spiro atoms. The van der Waals surface area contributed by atoms with Crippen LogP contribution in [0.5, 0.6) is 0 Å². The molecule has 0 aromatic carbocycles. The Hall–Kier alpha value is -0.0800. The molecule has 0 amide bonds. The van der Waals surface area contributed by atoms with Crippen LogP contribution >= 0.6 is 0 Å². The van der Waals surface area contributed by atoms with Crippen molar-refractivity contribution in [2.45, 2.75) is 39.5 Å². The molecule has 0 heterocycles. The van der Waals surface area contributed by atoms with Gasteiger partial charge in [0.1, 0.15) is 0 Å². The second kappa shape index (κ2) is 7.24. The third-order valence-electron chi connectivity index (χ3n) is 3.41. The van der Waals surface area contributed by atoms with Gasteiger partial charge in [-0.15, -0.1) is 0 Å². The topological polar surface area (TPSA) is 15.3 Å². The molecule has 0 aromatic rings. The molecule has 0 aromatic heterocycles. The Morgan fingerprint density at radius 1 is 1.33 bits per heavy atom. The molecule has 1 atom stereocenters. The van der Waals surface area contributed by atoms with Crippen LogP contribution < -0.4 is 5.32 Å². The molecule has 0 bridgehead atoms. The number of hydrogen-bond acceptors (Lipinski definition) is 2. The summed E-state index contributed by atoms with van der Waals surface area (Å²) in [6, 6.07) is 0. The van der Waals surface area contributed by atoms with Crippen molar-refractivity contribution < 1.29 is 0 Å². The first-order chi connectivity index (χ1) is 7.22. The van der Waals surface area contributed by atoms with E-state index in [1.54, 1.807) is 0 Å². The van der Waals surface area contributed by atoms with E-state index >= 15 is 0 Å². The maximum Gasteiger partial charge on any atom is 0.00162 e. The van der Waals surface area contributed by atoms with Crippen molar-refractivity contribution in [3.8, 4) is 0 Å². The second-order valence-corrected chi connectivity index (χ2v) is 5.28. The summed E-state index contributed by atoms with van der Waals surface area (Å²) in [6.07, 6.45) is 5.86. The van der Waals surface area contributed by atoms with Crippen LogP contribution in [0.1, 0.15) is 39.5 Å². The Bertz CT molecular complexity index is 153. The summed E-state index contributed by atoms with van der Waals surface area (Å²) in [6.45, 7) is 9.32. The van der Waals surface area contributed by atoms with Gasteiger partial charge in [0.05, 0.1) is 0 Å². The number of nitrogens with one attached hydrogen (secondary N) is 1. The SMILES string of the molecule is CCNCC(C)CN(C)CC1CCCC1. The average Bonchev–Trinajstić information content (AvgIpc) is 2.67. The molecule has 1 unspecified atom stereocenters. The van der Waals surface area contributed by atoms with E-state index in [9.17, 15) is 0 Å². The van der Waals surface area contributed by atoms with E-state index in [1.165, 1.54) is 38.8 Å². The van der Waals surface area contributed by atoms with E-state index in [1.807, 2.05) is 0 Å². The maximum atomic E-state index is 3.42. The monoisotopic (exact) mass is 212 g/mol. The predicted molar refractivity (Wildman–Crippen MR) is 67.2 cm³/mol. The van der Waals surface area contributed by atoms with Crippen molar-refractivity contribution in [2.24, 2.45) is 11.8 Å². The summed E-state index contributed by atoms with van der Waals surface area (Å²) >= 11 is 0. The lowest BCUT2D eigenvalue weighted by atomic mass is 10.1. The van der Waals surface area contributed by atoms with Gasteiger partial charge in [-0.1, -0.05) is 26.7 Å². The molecule has 1 aliphatic carbocycles. The second-order valence-electron chi connectivity index (χ2n) is 5.28. The quantitative estimate of drug-likeness (QED) is 0.697. The van der Waals surface area contributed by atoms with Gasteiger partial charge in [0, 0.05) is 13.1 Å². The molecule has 1 rings (SSSR count). The number of nitrogens with zero attached hydrogens (tertiary/aromatic N) is 1. The molecular weight excluding hydrogens is 184 g/mol. The predicted octanol–water partition coefficient (Wildman–Crippen LogP) is 2.35. The summed E-state index contributed by atoms with van der Waals surface area (Å²) in [5.41, 5.74) is 0. The van der Waals surface area contributed by atoms with Gasteiger partial charge in [-0.3, -0.25) is 0 Å². The van der Waals surface area contributed by atoms with Crippen LogP contribution in [0.3, 0.4) is 0 Å². The van der Waals surface area contributed by atoms with Gasteiger partial charge in [0.2, 0.25) is 0 Å². The van der Waals surface area contributed by atoms with Crippen molar-refractivity contribution in [1.82, 2.24) is 10.2 Å².